The third kappa shape index (κ3) is 2.46. The van der Waals surface area contributed by atoms with Crippen LogP contribution in [0.1, 0.15) is 0 Å². The molecule has 0 unspecified atom stereocenters. The fourth-order valence-electron chi connectivity index (χ4n) is 1.94. The van der Waals surface area contributed by atoms with E-state index in [4.69, 9.17) is 52.1 Å². The molecule has 0 spiro atoms. The van der Waals surface area contributed by atoms with E-state index in [9.17, 15) is 4.79 Å². The van der Waals surface area contributed by atoms with Crippen LogP contribution >= 0.6 is 46.4 Å². The maximum absolute atomic E-state index is 12.6. The van der Waals surface area contributed by atoms with Crippen molar-refractivity contribution in [1.29, 1.82) is 0 Å². The van der Waals surface area contributed by atoms with Gasteiger partial charge in [0.05, 0.1) is 10.0 Å². The van der Waals surface area contributed by atoms with Crippen molar-refractivity contribution in [3.8, 4) is 17.1 Å². The summed E-state index contributed by atoms with van der Waals surface area (Å²) in [5.41, 5.74) is 5.61. The lowest BCUT2D eigenvalue weighted by molar-refractivity contribution is 0.854. The van der Waals surface area contributed by atoms with Crippen LogP contribution in [0, 0.1) is 0 Å². The highest BCUT2D eigenvalue weighted by molar-refractivity contribution is 6.40. The SMILES string of the molecule is Nc1[nH]n(-c2c(Cl)cc(Cl)cc2Cl)c(=O)c1-c1nc(Cl)n[nH]1. The summed E-state index contributed by atoms with van der Waals surface area (Å²) in [6.07, 6.45) is 0. The van der Waals surface area contributed by atoms with Crippen LogP contribution in [0.4, 0.5) is 5.82 Å². The topological polar surface area (TPSA) is 105 Å². The zero-order chi connectivity index (χ0) is 16.0. The van der Waals surface area contributed by atoms with Crippen molar-refractivity contribution in [3.05, 3.63) is 42.8 Å². The van der Waals surface area contributed by atoms with E-state index in [1.165, 1.54) is 12.1 Å². The van der Waals surface area contributed by atoms with Crippen LogP contribution in [-0.2, 0) is 0 Å². The highest BCUT2D eigenvalue weighted by atomic mass is 35.5. The van der Waals surface area contributed by atoms with Crippen LogP contribution in [0.3, 0.4) is 0 Å². The molecule has 3 rings (SSSR count). The average Bonchev–Trinajstić information content (AvgIpc) is 2.93. The molecule has 7 nitrogen and oxygen atoms in total. The van der Waals surface area contributed by atoms with Crippen molar-refractivity contribution in [2.75, 3.05) is 5.73 Å². The summed E-state index contributed by atoms with van der Waals surface area (Å²) < 4.78 is 1.10. The number of nitrogens with one attached hydrogen (secondary N) is 2. The van der Waals surface area contributed by atoms with Crippen LogP contribution in [0.15, 0.2) is 16.9 Å². The van der Waals surface area contributed by atoms with Crippen molar-refractivity contribution < 1.29 is 0 Å². The monoisotopic (exact) mass is 378 g/mol. The largest absolute Gasteiger partial charge is 0.383 e. The smallest absolute Gasteiger partial charge is 0.284 e. The number of benzene rings is 1. The van der Waals surface area contributed by atoms with E-state index in [-0.39, 0.29) is 38.2 Å². The van der Waals surface area contributed by atoms with Crippen LogP contribution < -0.4 is 11.3 Å². The Bertz CT molecular complexity index is 904. The third-order valence-corrected chi connectivity index (χ3v) is 3.78. The van der Waals surface area contributed by atoms with Crippen molar-refractivity contribution >= 4 is 52.2 Å². The van der Waals surface area contributed by atoms with Gasteiger partial charge in [0.2, 0.25) is 5.28 Å². The zero-order valence-corrected chi connectivity index (χ0v) is 13.5. The van der Waals surface area contributed by atoms with Gasteiger partial charge < -0.3 is 5.73 Å². The van der Waals surface area contributed by atoms with Gasteiger partial charge in [-0.3, -0.25) is 15.0 Å². The Hall–Kier alpha value is -1.67. The second-order valence-electron chi connectivity index (χ2n) is 4.21. The Kier molecular flexibility index (Phi) is 3.82. The quantitative estimate of drug-likeness (QED) is 0.635. The van der Waals surface area contributed by atoms with E-state index in [2.05, 4.69) is 20.3 Å². The summed E-state index contributed by atoms with van der Waals surface area (Å²) in [6.45, 7) is 0. The minimum absolute atomic E-state index is 0.0379. The Labute approximate surface area is 142 Å². The summed E-state index contributed by atoms with van der Waals surface area (Å²) in [4.78, 5) is 16.4. The number of nitrogens with zero attached hydrogens (tertiary/aromatic N) is 3. The van der Waals surface area contributed by atoms with E-state index in [0.717, 1.165) is 4.68 Å². The lowest BCUT2D eigenvalue weighted by Crippen LogP contribution is -2.17. The number of H-pyrrole nitrogens is 2. The number of rotatable bonds is 2. The highest BCUT2D eigenvalue weighted by Crippen LogP contribution is 2.32. The van der Waals surface area contributed by atoms with Crippen LogP contribution in [0.25, 0.3) is 17.1 Å². The van der Waals surface area contributed by atoms with E-state index >= 15 is 0 Å². The second-order valence-corrected chi connectivity index (χ2v) is 5.80. The molecular weight excluding hydrogens is 374 g/mol. The molecule has 0 aliphatic heterocycles. The fourth-order valence-corrected chi connectivity index (χ4v) is 3.05. The molecule has 4 N–H and O–H groups in total. The van der Waals surface area contributed by atoms with Gasteiger partial charge in [0.15, 0.2) is 5.82 Å². The van der Waals surface area contributed by atoms with E-state index < -0.39 is 5.56 Å². The summed E-state index contributed by atoms with van der Waals surface area (Å²) in [5, 5.41) is 9.51. The molecule has 0 aliphatic rings. The summed E-state index contributed by atoms with van der Waals surface area (Å²) in [5.74, 6) is 0.184. The van der Waals surface area contributed by atoms with Gasteiger partial charge in [-0.15, -0.1) is 5.10 Å². The molecule has 22 heavy (non-hydrogen) atoms. The maximum atomic E-state index is 12.6. The van der Waals surface area contributed by atoms with Crippen LogP contribution in [0.5, 0.6) is 0 Å². The number of nitrogens with two attached hydrogens (primary N) is 1. The second kappa shape index (κ2) is 5.51. The van der Waals surface area contributed by atoms with Crippen molar-refractivity contribution in [3.63, 3.8) is 0 Å². The molecule has 0 radical (unpaired) electrons. The minimum atomic E-state index is -0.517. The van der Waals surface area contributed by atoms with Crippen LogP contribution in [0.2, 0.25) is 20.4 Å². The highest BCUT2D eigenvalue weighted by Gasteiger charge is 2.21. The number of hydrogen-bond acceptors (Lipinski definition) is 4. The molecule has 3 aromatic rings. The average molecular weight is 380 g/mol. The van der Waals surface area contributed by atoms with Gasteiger partial charge in [0.1, 0.15) is 17.1 Å². The molecule has 2 heterocycles. The standard InChI is InChI=1S/C11H6Cl4N6O/c12-3-1-4(13)7(5(14)2-3)21-10(22)6(8(16)20-21)9-17-11(15)19-18-9/h1-2,20H,16H2,(H,17,18,19). The van der Waals surface area contributed by atoms with Gasteiger partial charge in [-0.2, -0.15) is 4.98 Å². The van der Waals surface area contributed by atoms with Gasteiger partial charge in [-0.05, 0) is 23.7 Å². The molecule has 0 saturated carbocycles. The lowest BCUT2D eigenvalue weighted by Gasteiger charge is -2.07. The number of aromatic amines is 2. The molecule has 0 saturated heterocycles. The Morgan fingerprint density at radius 2 is 1.77 bits per heavy atom. The Morgan fingerprint density at radius 1 is 1.14 bits per heavy atom. The molecule has 114 valence electrons. The van der Waals surface area contributed by atoms with Crippen LogP contribution in [-0.4, -0.2) is 25.0 Å². The predicted molar refractivity (Wildman–Crippen MR) is 86.2 cm³/mol. The predicted octanol–water partition coefficient (Wildman–Crippen LogP) is 3.15. The Balaban J connectivity index is 2.25. The molecule has 0 aliphatic carbocycles. The molecular formula is C11H6Cl4N6O. The molecule has 0 amide bonds. The maximum Gasteiger partial charge on any atom is 0.284 e. The minimum Gasteiger partial charge on any atom is -0.383 e. The third-order valence-electron chi connectivity index (χ3n) is 2.82. The molecule has 2 aromatic heterocycles. The van der Waals surface area contributed by atoms with Gasteiger partial charge >= 0.3 is 0 Å². The van der Waals surface area contributed by atoms with Crippen molar-refractivity contribution in [2.45, 2.75) is 0 Å². The van der Waals surface area contributed by atoms with Crippen molar-refractivity contribution in [1.82, 2.24) is 25.0 Å². The number of anilines is 1. The van der Waals surface area contributed by atoms with Gasteiger partial charge in [0.25, 0.3) is 5.56 Å². The normalized spacial score (nSPS) is 11.1. The molecule has 1 aromatic carbocycles. The first kappa shape index (κ1) is 15.2. The van der Waals surface area contributed by atoms with E-state index in [1.807, 2.05) is 0 Å². The molecule has 0 atom stereocenters. The first-order valence-corrected chi connectivity index (χ1v) is 7.23. The van der Waals surface area contributed by atoms with Crippen molar-refractivity contribution in [2.24, 2.45) is 0 Å². The number of aromatic nitrogens is 5. The van der Waals surface area contributed by atoms with Gasteiger partial charge in [-0.25, -0.2) is 4.68 Å². The summed E-state index contributed by atoms with van der Waals surface area (Å²) >= 11 is 23.7. The number of hydrogen-bond donors (Lipinski definition) is 3. The van der Waals surface area contributed by atoms with Gasteiger partial charge in [0, 0.05) is 5.02 Å². The summed E-state index contributed by atoms with van der Waals surface area (Å²) in [6, 6.07) is 2.91. The number of nitrogen functional groups attached to an aromatic ring is 1. The lowest BCUT2D eigenvalue weighted by atomic mass is 10.3. The molecule has 11 heteroatoms. The Morgan fingerprint density at radius 3 is 2.32 bits per heavy atom. The summed E-state index contributed by atoms with van der Waals surface area (Å²) in [7, 11) is 0. The first-order valence-electron chi connectivity index (χ1n) is 5.72. The van der Waals surface area contributed by atoms with E-state index in [1.54, 1.807) is 0 Å². The zero-order valence-electron chi connectivity index (χ0n) is 10.5. The molecule has 0 fully saturated rings. The molecule has 0 bridgehead atoms. The van der Waals surface area contributed by atoms with E-state index in [0.29, 0.717) is 5.02 Å². The number of halogens is 4. The fraction of sp³-hybridized carbons (Fsp3) is 0. The van der Waals surface area contributed by atoms with Gasteiger partial charge in [-0.1, -0.05) is 34.8 Å². The first-order chi connectivity index (χ1) is 10.4.